The van der Waals surface area contributed by atoms with Crippen LogP contribution in [0.25, 0.3) is 10.8 Å². The molecule has 19 heavy (non-hydrogen) atoms. The maximum Gasteiger partial charge on any atom is 0.136 e. The van der Waals surface area contributed by atoms with E-state index in [2.05, 4.69) is 15.2 Å². The van der Waals surface area contributed by atoms with Crippen LogP contribution in [0.1, 0.15) is 6.42 Å². The van der Waals surface area contributed by atoms with Gasteiger partial charge in [-0.3, -0.25) is 0 Å². The van der Waals surface area contributed by atoms with Gasteiger partial charge in [0, 0.05) is 42.7 Å². The molecule has 1 aliphatic heterocycles. The quantitative estimate of drug-likeness (QED) is 0.855. The summed E-state index contributed by atoms with van der Waals surface area (Å²) in [6, 6.07) is 3.86. The summed E-state index contributed by atoms with van der Waals surface area (Å²) in [5, 5.41) is 4.26. The van der Waals surface area contributed by atoms with Gasteiger partial charge >= 0.3 is 0 Å². The van der Waals surface area contributed by atoms with Crippen LogP contribution >= 0.6 is 0 Å². The first-order valence-electron chi connectivity index (χ1n) is 6.45. The minimum Gasteiger partial charge on any atom is -0.355 e. The molecule has 1 saturated heterocycles. The van der Waals surface area contributed by atoms with Crippen molar-refractivity contribution in [1.82, 2.24) is 10.3 Å². The molecule has 1 aromatic heterocycles. The zero-order chi connectivity index (χ0) is 13.2. The van der Waals surface area contributed by atoms with Crippen LogP contribution in [0.2, 0.25) is 0 Å². The second-order valence-electron chi connectivity index (χ2n) is 4.71. The van der Waals surface area contributed by atoms with Gasteiger partial charge in [0.2, 0.25) is 0 Å². The minimum atomic E-state index is -0.563. The summed E-state index contributed by atoms with van der Waals surface area (Å²) in [7, 11) is 0. The van der Waals surface area contributed by atoms with E-state index in [1.54, 1.807) is 12.3 Å². The number of benzene rings is 1. The van der Waals surface area contributed by atoms with E-state index in [-0.39, 0.29) is 0 Å². The predicted molar refractivity (Wildman–Crippen MR) is 71.4 cm³/mol. The lowest BCUT2D eigenvalue weighted by Gasteiger charge is -2.22. The maximum absolute atomic E-state index is 13.8. The van der Waals surface area contributed by atoms with E-state index in [1.807, 2.05) is 0 Å². The summed E-state index contributed by atoms with van der Waals surface area (Å²) in [5.41, 5.74) is 0. The summed E-state index contributed by atoms with van der Waals surface area (Å²) in [4.78, 5) is 6.40. The SMILES string of the molecule is Fc1cc(F)c2ccnc(N3CCCNCC3)c2c1. The van der Waals surface area contributed by atoms with E-state index in [0.717, 1.165) is 38.7 Å². The van der Waals surface area contributed by atoms with Gasteiger partial charge in [0.05, 0.1) is 0 Å². The van der Waals surface area contributed by atoms with Crippen molar-refractivity contribution in [3.63, 3.8) is 0 Å². The summed E-state index contributed by atoms with van der Waals surface area (Å²) < 4.78 is 27.2. The molecule has 0 atom stereocenters. The topological polar surface area (TPSA) is 28.2 Å². The van der Waals surface area contributed by atoms with Crippen LogP contribution < -0.4 is 10.2 Å². The van der Waals surface area contributed by atoms with Crippen LogP contribution in [-0.2, 0) is 0 Å². The van der Waals surface area contributed by atoms with E-state index < -0.39 is 11.6 Å². The third-order valence-electron chi connectivity index (χ3n) is 3.41. The van der Waals surface area contributed by atoms with Gasteiger partial charge in [-0.1, -0.05) is 0 Å². The van der Waals surface area contributed by atoms with Crippen LogP contribution in [0.15, 0.2) is 24.4 Å². The van der Waals surface area contributed by atoms with E-state index in [1.165, 1.54) is 6.07 Å². The molecular formula is C14H15F2N3. The molecule has 2 aromatic rings. The minimum absolute atomic E-state index is 0.420. The molecule has 0 saturated carbocycles. The normalized spacial score (nSPS) is 16.6. The van der Waals surface area contributed by atoms with Crippen molar-refractivity contribution < 1.29 is 8.78 Å². The Balaban J connectivity index is 2.12. The number of nitrogens with one attached hydrogen (secondary N) is 1. The summed E-state index contributed by atoms with van der Waals surface area (Å²) in [6.45, 7) is 3.46. The molecule has 0 radical (unpaired) electrons. The first kappa shape index (κ1) is 12.3. The van der Waals surface area contributed by atoms with E-state index in [9.17, 15) is 8.78 Å². The van der Waals surface area contributed by atoms with Gasteiger partial charge in [-0.25, -0.2) is 13.8 Å². The molecule has 0 unspecified atom stereocenters. The Bertz CT molecular complexity index is 593. The van der Waals surface area contributed by atoms with E-state index >= 15 is 0 Å². The smallest absolute Gasteiger partial charge is 0.136 e. The number of nitrogens with zero attached hydrogens (tertiary/aromatic N) is 2. The fraction of sp³-hybridized carbons (Fsp3) is 0.357. The molecule has 0 bridgehead atoms. The molecule has 2 heterocycles. The molecule has 1 aromatic carbocycles. The van der Waals surface area contributed by atoms with Crippen LogP contribution in [0.5, 0.6) is 0 Å². The monoisotopic (exact) mass is 263 g/mol. The Hall–Kier alpha value is -1.75. The summed E-state index contributed by atoms with van der Waals surface area (Å²) >= 11 is 0. The molecule has 1 aliphatic rings. The molecule has 100 valence electrons. The lowest BCUT2D eigenvalue weighted by atomic mass is 10.1. The molecule has 3 nitrogen and oxygen atoms in total. The van der Waals surface area contributed by atoms with Crippen molar-refractivity contribution in [3.05, 3.63) is 36.0 Å². The zero-order valence-corrected chi connectivity index (χ0v) is 10.5. The first-order chi connectivity index (χ1) is 9.25. The molecule has 0 amide bonds. The van der Waals surface area contributed by atoms with Gasteiger partial charge in [0.1, 0.15) is 17.5 Å². The van der Waals surface area contributed by atoms with Gasteiger partial charge < -0.3 is 10.2 Å². The predicted octanol–water partition coefficient (Wildman–Crippen LogP) is 2.31. The summed E-state index contributed by atoms with van der Waals surface area (Å²) in [6.07, 6.45) is 2.58. The Morgan fingerprint density at radius 1 is 1.11 bits per heavy atom. The summed E-state index contributed by atoms with van der Waals surface area (Å²) in [5.74, 6) is -0.432. The molecule has 0 spiro atoms. The van der Waals surface area contributed by atoms with E-state index in [0.29, 0.717) is 16.6 Å². The number of halogens is 2. The van der Waals surface area contributed by atoms with Crippen LogP contribution in [0.4, 0.5) is 14.6 Å². The number of anilines is 1. The molecular weight excluding hydrogens is 248 g/mol. The lowest BCUT2D eigenvalue weighted by molar-refractivity contribution is 0.592. The number of rotatable bonds is 1. The average Bonchev–Trinajstić information content (AvgIpc) is 2.67. The maximum atomic E-state index is 13.8. The first-order valence-corrected chi connectivity index (χ1v) is 6.45. The van der Waals surface area contributed by atoms with Gasteiger partial charge in [0.15, 0.2) is 0 Å². The molecule has 1 fully saturated rings. The zero-order valence-electron chi connectivity index (χ0n) is 10.5. The van der Waals surface area contributed by atoms with Gasteiger partial charge in [0.25, 0.3) is 0 Å². The van der Waals surface area contributed by atoms with Gasteiger partial charge in [-0.05, 0) is 25.1 Å². The Labute approximate surface area is 110 Å². The third-order valence-corrected chi connectivity index (χ3v) is 3.41. The molecule has 1 N–H and O–H groups in total. The van der Waals surface area contributed by atoms with Crippen molar-refractivity contribution in [1.29, 1.82) is 0 Å². The number of aromatic nitrogens is 1. The number of pyridine rings is 1. The Kier molecular flexibility index (Phi) is 3.29. The largest absolute Gasteiger partial charge is 0.355 e. The van der Waals surface area contributed by atoms with Crippen molar-refractivity contribution in [3.8, 4) is 0 Å². The van der Waals surface area contributed by atoms with Crippen LogP contribution in [0.3, 0.4) is 0 Å². The highest BCUT2D eigenvalue weighted by atomic mass is 19.1. The fourth-order valence-corrected chi connectivity index (χ4v) is 2.50. The van der Waals surface area contributed by atoms with Crippen molar-refractivity contribution in [2.24, 2.45) is 0 Å². The Morgan fingerprint density at radius 2 is 2.00 bits per heavy atom. The van der Waals surface area contributed by atoms with E-state index in [4.69, 9.17) is 0 Å². The highest BCUT2D eigenvalue weighted by Gasteiger charge is 2.15. The van der Waals surface area contributed by atoms with Crippen LogP contribution in [0, 0.1) is 11.6 Å². The van der Waals surface area contributed by atoms with Crippen molar-refractivity contribution >= 4 is 16.6 Å². The highest BCUT2D eigenvalue weighted by molar-refractivity contribution is 5.92. The van der Waals surface area contributed by atoms with Gasteiger partial charge in [-0.15, -0.1) is 0 Å². The Morgan fingerprint density at radius 3 is 2.89 bits per heavy atom. The standard InChI is InChI=1S/C14H15F2N3/c15-10-8-12-11(13(16)9-10)2-4-18-14(12)19-6-1-3-17-5-7-19/h2,4,8-9,17H,1,3,5-7H2. The third kappa shape index (κ3) is 2.38. The second kappa shape index (κ2) is 5.09. The number of hydrogen-bond donors (Lipinski definition) is 1. The van der Waals surface area contributed by atoms with Crippen molar-refractivity contribution in [2.45, 2.75) is 6.42 Å². The highest BCUT2D eigenvalue weighted by Crippen LogP contribution is 2.27. The molecule has 5 heteroatoms. The fourth-order valence-electron chi connectivity index (χ4n) is 2.50. The number of hydrogen-bond acceptors (Lipinski definition) is 3. The molecule has 0 aliphatic carbocycles. The number of fused-ring (bicyclic) bond motifs is 1. The average molecular weight is 263 g/mol. The second-order valence-corrected chi connectivity index (χ2v) is 4.71. The van der Waals surface area contributed by atoms with Crippen molar-refractivity contribution in [2.75, 3.05) is 31.1 Å². The molecule has 3 rings (SSSR count). The van der Waals surface area contributed by atoms with Crippen LogP contribution in [-0.4, -0.2) is 31.2 Å². The van der Waals surface area contributed by atoms with Gasteiger partial charge in [-0.2, -0.15) is 0 Å². The lowest BCUT2D eigenvalue weighted by Crippen LogP contribution is -2.28.